The first-order valence-corrected chi connectivity index (χ1v) is 5.87. The van der Waals surface area contributed by atoms with Crippen LogP contribution in [0.4, 0.5) is 0 Å². The minimum Gasteiger partial charge on any atom is -0.495 e. The topological polar surface area (TPSA) is 38.5 Å². The molecule has 0 radical (unpaired) electrons. The molecule has 1 atom stereocenters. The Morgan fingerprint density at radius 3 is 2.94 bits per heavy atom. The molecule has 88 valence electrons. The average Bonchev–Trinajstić information content (AvgIpc) is 2.64. The molecule has 2 N–H and O–H groups in total. The first-order valence-electron chi connectivity index (χ1n) is 5.49. The van der Waals surface area contributed by atoms with E-state index in [0.717, 1.165) is 31.8 Å². The van der Waals surface area contributed by atoms with Crippen molar-refractivity contribution < 1.29 is 4.74 Å². The van der Waals surface area contributed by atoms with Crippen LogP contribution in [-0.2, 0) is 6.54 Å². The molecule has 0 bridgehead atoms. The van der Waals surface area contributed by atoms with Crippen LogP contribution in [0.25, 0.3) is 0 Å². The maximum atomic E-state index is 6.08. The van der Waals surface area contributed by atoms with Gasteiger partial charge >= 0.3 is 0 Å². The molecular formula is C12H17ClN2O. The molecule has 1 heterocycles. The highest BCUT2D eigenvalue weighted by molar-refractivity contribution is 6.32. The number of ether oxygens (including phenoxy) is 1. The van der Waals surface area contributed by atoms with Crippen LogP contribution >= 0.6 is 11.6 Å². The molecule has 1 saturated heterocycles. The second kappa shape index (κ2) is 5.04. The van der Waals surface area contributed by atoms with Crippen molar-refractivity contribution in [2.24, 2.45) is 5.73 Å². The van der Waals surface area contributed by atoms with E-state index in [9.17, 15) is 0 Å². The molecule has 0 saturated carbocycles. The van der Waals surface area contributed by atoms with E-state index in [-0.39, 0.29) is 0 Å². The standard InChI is InChI=1S/C12H17ClN2O/c1-16-12-3-2-9(6-11(12)13)7-15-5-4-10(14)8-15/h2-3,6,10H,4-5,7-8,14H2,1H3/t10-/m1/s1. The molecule has 0 spiro atoms. The molecule has 0 aromatic heterocycles. The Labute approximate surface area is 101 Å². The Morgan fingerprint density at radius 2 is 2.38 bits per heavy atom. The third-order valence-corrected chi connectivity index (χ3v) is 3.23. The van der Waals surface area contributed by atoms with Gasteiger partial charge in [0.05, 0.1) is 12.1 Å². The zero-order valence-electron chi connectivity index (χ0n) is 9.45. The largest absolute Gasteiger partial charge is 0.495 e. The number of halogens is 1. The number of likely N-dealkylation sites (tertiary alicyclic amines) is 1. The van der Waals surface area contributed by atoms with Crippen molar-refractivity contribution in [2.45, 2.75) is 19.0 Å². The van der Waals surface area contributed by atoms with Gasteiger partial charge in [-0.05, 0) is 24.1 Å². The summed E-state index contributed by atoms with van der Waals surface area (Å²) in [4.78, 5) is 2.35. The van der Waals surface area contributed by atoms with Crippen LogP contribution < -0.4 is 10.5 Å². The predicted octanol–water partition coefficient (Wildman–Crippen LogP) is 1.88. The molecule has 0 amide bonds. The predicted molar refractivity (Wildman–Crippen MR) is 65.9 cm³/mol. The Hall–Kier alpha value is -0.770. The van der Waals surface area contributed by atoms with Crippen LogP contribution in [0.5, 0.6) is 5.75 Å². The lowest BCUT2D eigenvalue weighted by molar-refractivity contribution is 0.326. The summed E-state index contributed by atoms with van der Waals surface area (Å²) in [6.07, 6.45) is 1.09. The minimum atomic E-state index is 0.328. The van der Waals surface area contributed by atoms with Gasteiger partial charge in [-0.1, -0.05) is 17.7 Å². The van der Waals surface area contributed by atoms with Gasteiger partial charge < -0.3 is 10.5 Å². The van der Waals surface area contributed by atoms with E-state index >= 15 is 0 Å². The summed E-state index contributed by atoms with van der Waals surface area (Å²) in [5, 5.41) is 0.670. The third-order valence-electron chi connectivity index (χ3n) is 2.93. The highest BCUT2D eigenvalue weighted by Gasteiger charge is 2.18. The number of rotatable bonds is 3. The monoisotopic (exact) mass is 240 g/mol. The van der Waals surface area contributed by atoms with Gasteiger partial charge in [-0.25, -0.2) is 0 Å². The molecular weight excluding hydrogens is 224 g/mol. The zero-order valence-corrected chi connectivity index (χ0v) is 10.2. The first kappa shape index (κ1) is 11.7. The van der Waals surface area contributed by atoms with Gasteiger partial charge in [-0.15, -0.1) is 0 Å². The summed E-state index contributed by atoms with van der Waals surface area (Å²) in [7, 11) is 1.63. The normalized spacial score (nSPS) is 21.3. The van der Waals surface area contributed by atoms with Gasteiger partial charge in [0.2, 0.25) is 0 Å². The van der Waals surface area contributed by atoms with Crippen LogP contribution in [-0.4, -0.2) is 31.1 Å². The molecule has 0 aliphatic carbocycles. The molecule has 4 heteroatoms. The maximum absolute atomic E-state index is 6.08. The fourth-order valence-corrected chi connectivity index (χ4v) is 2.35. The third kappa shape index (κ3) is 2.67. The van der Waals surface area contributed by atoms with Crippen molar-refractivity contribution in [1.29, 1.82) is 0 Å². The summed E-state index contributed by atoms with van der Waals surface area (Å²) >= 11 is 6.08. The number of hydrogen-bond acceptors (Lipinski definition) is 3. The second-order valence-corrected chi connectivity index (χ2v) is 4.66. The van der Waals surface area contributed by atoms with E-state index in [4.69, 9.17) is 22.1 Å². The van der Waals surface area contributed by atoms with Crippen molar-refractivity contribution in [1.82, 2.24) is 4.90 Å². The summed E-state index contributed by atoms with van der Waals surface area (Å²) in [5.74, 6) is 0.725. The Kier molecular flexibility index (Phi) is 3.69. The van der Waals surface area contributed by atoms with Gasteiger partial charge in [-0.2, -0.15) is 0 Å². The zero-order chi connectivity index (χ0) is 11.5. The molecule has 2 rings (SSSR count). The van der Waals surface area contributed by atoms with Gasteiger partial charge in [0.25, 0.3) is 0 Å². The van der Waals surface area contributed by atoms with Crippen molar-refractivity contribution in [2.75, 3.05) is 20.2 Å². The van der Waals surface area contributed by atoms with Crippen LogP contribution in [0.15, 0.2) is 18.2 Å². The van der Waals surface area contributed by atoms with E-state index in [1.54, 1.807) is 7.11 Å². The van der Waals surface area contributed by atoms with Gasteiger partial charge in [0, 0.05) is 25.7 Å². The summed E-state index contributed by atoms with van der Waals surface area (Å²) in [6, 6.07) is 6.25. The molecule has 1 aromatic rings. The van der Waals surface area contributed by atoms with Crippen LogP contribution in [0, 0.1) is 0 Å². The van der Waals surface area contributed by atoms with Gasteiger partial charge in [0.15, 0.2) is 0 Å². The molecule has 1 aliphatic rings. The van der Waals surface area contributed by atoms with Crippen molar-refractivity contribution >= 4 is 11.6 Å². The Bertz CT molecular complexity index is 370. The Morgan fingerprint density at radius 1 is 1.56 bits per heavy atom. The van der Waals surface area contributed by atoms with Crippen molar-refractivity contribution in [3.8, 4) is 5.75 Å². The van der Waals surface area contributed by atoms with E-state index < -0.39 is 0 Å². The number of hydrogen-bond donors (Lipinski definition) is 1. The number of nitrogens with two attached hydrogens (primary N) is 1. The van der Waals surface area contributed by atoms with E-state index in [2.05, 4.69) is 11.0 Å². The Balaban J connectivity index is 2.02. The average molecular weight is 241 g/mol. The molecule has 3 nitrogen and oxygen atoms in total. The molecule has 1 aromatic carbocycles. The second-order valence-electron chi connectivity index (χ2n) is 4.25. The van der Waals surface area contributed by atoms with Crippen LogP contribution in [0.3, 0.4) is 0 Å². The summed E-state index contributed by atoms with van der Waals surface area (Å²) < 4.78 is 5.12. The number of benzene rings is 1. The maximum Gasteiger partial charge on any atom is 0.137 e. The fraction of sp³-hybridized carbons (Fsp3) is 0.500. The van der Waals surface area contributed by atoms with Gasteiger partial charge in [0.1, 0.15) is 5.75 Å². The molecule has 0 unspecified atom stereocenters. The van der Waals surface area contributed by atoms with E-state index in [0.29, 0.717) is 11.1 Å². The first-order chi connectivity index (χ1) is 7.69. The minimum absolute atomic E-state index is 0.328. The summed E-state index contributed by atoms with van der Waals surface area (Å²) in [6.45, 7) is 2.96. The SMILES string of the molecule is COc1ccc(CN2CC[C@@H](N)C2)cc1Cl. The molecule has 1 aliphatic heterocycles. The quantitative estimate of drug-likeness (QED) is 0.877. The lowest BCUT2D eigenvalue weighted by Gasteiger charge is -2.15. The van der Waals surface area contributed by atoms with E-state index in [1.807, 2.05) is 12.1 Å². The number of methoxy groups -OCH3 is 1. The van der Waals surface area contributed by atoms with Crippen LogP contribution in [0.1, 0.15) is 12.0 Å². The van der Waals surface area contributed by atoms with Crippen LogP contribution in [0.2, 0.25) is 5.02 Å². The van der Waals surface area contributed by atoms with Crippen molar-refractivity contribution in [3.05, 3.63) is 28.8 Å². The summed E-state index contributed by atoms with van der Waals surface area (Å²) in [5.41, 5.74) is 7.07. The molecule has 1 fully saturated rings. The lowest BCUT2D eigenvalue weighted by Crippen LogP contribution is -2.26. The van der Waals surface area contributed by atoms with Crippen molar-refractivity contribution in [3.63, 3.8) is 0 Å². The van der Waals surface area contributed by atoms with Gasteiger partial charge in [-0.3, -0.25) is 4.90 Å². The highest BCUT2D eigenvalue weighted by Crippen LogP contribution is 2.25. The van der Waals surface area contributed by atoms with E-state index in [1.165, 1.54) is 5.56 Å². The smallest absolute Gasteiger partial charge is 0.137 e. The highest BCUT2D eigenvalue weighted by atomic mass is 35.5. The fourth-order valence-electron chi connectivity index (χ4n) is 2.07. The molecule has 16 heavy (non-hydrogen) atoms. The lowest BCUT2D eigenvalue weighted by atomic mass is 10.2. The number of nitrogens with zero attached hydrogens (tertiary/aromatic N) is 1.